The van der Waals surface area contributed by atoms with E-state index in [1.165, 1.54) is 12.1 Å². The van der Waals surface area contributed by atoms with Gasteiger partial charge in [-0.05, 0) is 67.0 Å². The van der Waals surface area contributed by atoms with Crippen LogP contribution in [0, 0.1) is 11.7 Å². The number of fused-ring (bicyclic) bond motifs is 2. The Morgan fingerprint density at radius 3 is 2.71 bits per heavy atom. The fourth-order valence-electron chi connectivity index (χ4n) is 5.96. The molecule has 0 radical (unpaired) electrons. The Morgan fingerprint density at radius 1 is 1.17 bits per heavy atom. The van der Waals surface area contributed by atoms with Crippen LogP contribution in [0.15, 0.2) is 66.0 Å². The number of nitrogens with zero attached hydrogens (tertiary/aromatic N) is 4. The zero-order valence-corrected chi connectivity index (χ0v) is 23.3. The number of carbonyl (C=O) groups excluding carboxylic acids is 1. The molecule has 0 saturated carbocycles. The molecule has 0 spiro atoms. The summed E-state index contributed by atoms with van der Waals surface area (Å²) in [4.78, 5) is 34.2. The summed E-state index contributed by atoms with van der Waals surface area (Å²) in [6, 6.07) is 14.8. The highest BCUT2D eigenvalue weighted by Gasteiger charge is 2.31. The van der Waals surface area contributed by atoms with Gasteiger partial charge in [-0.2, -0.15) is 0 Å². The van der Waals surface area contributed by atoms with Crippen molar-refractivity contribution in [1.82, 2.24) is 19.4 Å². The summed E-state index contributed by atoms with van der Waals surface area (Å²) in [7, 11) is 3.63. The molecule has 1 atom stereocenters. The van der Waals surface area contributed by atoms with E-state index in [0.29, 0.717) is 54.2 Å². The van der Waals surface area contributed by atoms with Crippen molar-refractivity contribution in [2.75, 3.05) is 40.4 Å². The molecular formula is C32H33FN4O4. The fourth-order valence-corrected chi connectivity index (χ4v) is 5.96. The third-order valence-corrected chi connectivity index (χ3v) is 8.33. The molecule has 8 nitrogen and oxygen atoms in total. The van der Waals surface area contributed by atoms with E-state index in [0.717, 1.165) is 30.2 Å². The standard InChI is InChI=1S/C32H33FN4O4/c1-4-30(38)36-16-20(17-36)18-37-29-15-27(33)26(25-13-23(40-3)12-21-8-5-6-10-24(21)25)14-28(29)34-31(32(37)39)41-19-22-9-7-11-35(22)2/h4-6,8,10,12-15,20,22H,1,7,9,11,16-19H2,2-3H3/t22-/m0/s1. The van der Waals surface area contributed by atoms with Gasteiger partial charge in [0.15, 0.2) is 0 Å². The summed E-state index contributed by atoms with van der Waals surface area (Å²) in [5, 5.41) is 1.80. The molecule has 0 N–H and O–H groups in total. The highest BCUT2D eigenvalue weighted by Crippen LogP contribution is 2.36. The lowest BCUT2D eigenvalue weighted by atomic mass is 9.96. The van der Waals surface area contributed by atoms with Gasteiger partial charge in [-0.25, -0.2) is 9.37 Å². The Morgan fingerprint density at radius 2 is 1.98 bits per heavy atom. The summed E-state index contributed by atoms with van der Waals surface area (Å²) in [5.41, 5.74) is 1.48. The Bertz CT molecular complexity index is 1710. The number of ether oxygens (including phenoxy) is 2. The number of benzene rings is 3. The summed E-state index contributed by atoms with van der Waals surface area (Å²) in [5.74, 6) is 0.0537. The van der Waals surface area contributed by atoms with E-state index in [1.807, 2.05) is 43.4 Å². The van der Waals surface area contributed by atoms with Gasteiger partial charge in [-0.3, -0.25) is 9.59 Å². The van der Waals surface area contributed by atoms with E-state index in [1.54, 1.807) is 22.6 Å². The molecule has 2 fully saturated rings. The third-order valence-electron chi connectivity index (χ3n) is 8.33. The first kappa shape index (κ1) is 27.0. The Balaban J connectivity index is 1.45. The van der Waals surface area contributed by atoms with E-state index in [9.17, 15) is 9.59 Å². The molecule has 4 aromatic rings. The molecule has 212 valence electrons. The van der Waals surface area contributed by atoms with Crippen LogP contribution in [0.1, 0.15) is 12.8 Å². The number of hydrogen-bond donors (Lipinski definition) is 0. The second-order valence-corrected chi connectivity index (χ2v) is 11.0. The molecule has 6 rings (SSSR count). The number of carbonyl (C=O) groups is 1. The second-order valence-electron chi connectivity index (χ2n) is 11.0. The normalized spacial score (nSPS) is 17.6. The quantitative estimate of drug-likeness (QED) is 0.298. The van der Waals surface area contributed by atoms with Crippen LogP contribution in [0.25, 0.3) is 32.9 Å². The van der Waals surface area contributed by atoms with E-state index >= 15 is 4.39 Å². The lowest BCUT2D eigenvalue weighted by Crippen LogP contribution is -2.51. The first-order valence-electron chi connectivity index (χ1n) is 13.9. The number of methoxy groups -OCH3 is 1. The minimum Gasteiger partial charge on any atom is -0.497 e. The number of hydrogen-bond acceptors (Lipinski definition) is 6. The van der Waals surface area contributed by atoms with Gasteiger partial charge >= 0.3 is 5.56 Å². The van der Waals surface area contributed by atoms with Crippen LogP contribution in [-0.4, -0.2) is 71.7 Å². The highest BCUT2D eigenvalue weighted by molar-refractivity contribution is 5.99. The van der Waals surface area contributed by atoms with Crippen LogP contribution in [0.2, 0.25) is 0 Å². The van der Waals surface area contributed by atoms with Crippen molar-refractivity contribution in [1.29, 1.82) is 0 Å². The van der Waals surface area contributed by atoms with Gasteiger partial charge in [0.25, 0.3) is 5.88 Å². The Kier molecular flexibility index (Phi) is 7.21. The third kappa shape index (κ3) is 5.06. The fraction of sp³-hybridized carbons (Fsp3) is 0.344. The summed E-state index contributed by atoms with van der Waals surface area (Å²) >= 11 is 0. The van der Waals surface area contributed by atoms with E-state index < -0.39 is 11.4 Å². The number of likely N-dealkylation sites (tertiary alicyclic amines) is 2. The van der Waals surface area contributed by atoms with Crippen LogP contribution in [0.4, 0.5) is 4.39 Å². The number of aromatic nitrogens is 2. The Hall–Kier alpha value is -4.24. The maximum Gasteiger partial charge on any atom is 0.313 e. The number of likely N-dealkylation sites (N-methyl/N-ethyl adjacent to an activating group) is 1. The average molecular weight is 557 g/mol. The lowest BCUT2D eigenvalue weighted by Gasteiger charge is -2.39. The maximum absolute atomic E-state index is 15.9. The number of halogens is 1. The van der Waals surface area contributed by atoms with E-state index in [4.69, 9.17) is 9.47 Å². The van der Waals surface area contributed by atoms with Gasteiger partial charge in [0.1, 0.15) is 18.2 Å². The molecule has 3 heterocycles. The summed E-state index contributed by atoms with van der Waals surface area (Å²) < 4.78 is 29.1. The maximum atomic E-state index is 15.9. The largest absolute Gasteiger partial charge is 0.497 e. The smallest absolute Gasteiger partial charge is 0.313 e. The molecule has 0 bridgehead atoms. The van der Waals surface area contributed by atoms with Crippen LogP contribution in [0.5, 0.6) is 11.6 Å². The molecule has 2 saturated heterocycles. The molecule has 41 heavy (non-hydrogen) atoms. The number of rotatable bonds is 8. The predicted molar refractivity (Wildman–Crippen MR) is 157 cm³/mol. The van der Waals surface area contributed by atoms with Crippen LogP contribution < -0.4 is 15.0 Å². The van der Waals surface area contributed by atoms with E-state index in [2.05, 4.69) is 16.5 Å². The van der Waals surface area contributed by atoms with Gasteiger partial charge in [-0.1, -0.05) is 30.8 Å². The van der Waals surface area contributed by atoms with Gasteiger partial charge in [0, 0.05) is 43.2 Å². The summed E-state index contributed by atoms with van der Waals surface area (Å²) in [6.45, 7) is 6.21. The van der Waals surface area contributed by atoms with Crippen LogP contribution >= 0.6 is 0 Å². The molecule has 9 heteroatoms. The van der Waals surface area contributed by atoms with Gasteiger partial charge in [0.05, 0.1) is 18.1 Å². The SMILES string of the molecule is C=CC(=O)N1CC(Cn2c(=O)c(OC[C@@H]3CCCN3C)nc3cc(-c4cc(OC)cc5ccccc45)c(F)cc32)C1. The molecule has 1 aromatic heterocycles. The van der Waals surface area contributed by atoms with Gasteiger partial charge < -0.3 is 23.8 Å². The van der Waals surface area contributed by atoms with Gasteiger partial charge in [-0.15, -0.1) is 0 Å². The van der Waals surface area contributed by atoms with Crippen LogP contribution in [0.3, 0.4) is 0 Å². The minimum atomic E-state index is -0.468. The number of amides is 1. The van der Waals surface area contributed by atoms with Crippen molar-refractivity contribution >= 4 is 27.7 Å². The minimum absolute atomic E-state index is 0.00389. The monoisotopic (exact) mass is 556 g/mol. The second kappa shape index (κ2) is 11.0. The first-order valence-corrected chi connectivity index (χ1v) is 13.9. The van der Waals surface area contributed by atoms with Crippen LogP contribution in [-0.2, 0) is 11.3 Å². The summed E-state index contributed by atoms with van der Waals surface area (Å²) in [6.07, 6.45) is 3.36. The van der Waals surface area contributed by atoms with Crippen molar-refractivity contribution < 1.29 is 18.7 Å². The van der Waals surface area contributed by atoms with Crippen molar-refractivity contribution in [3.63, 3.8) is 0 Å². The zero-order valence-electron chi connectivity index (χ0n) is 23.3. The highest BCUT2D eigenvalue weighted by atomic mass is 19.1. The van der Waals surface area contributed by atoms with Crippen molar-refractivity contribution in [2.45, 2.75) is 25.4 Å². The molecule has 2 aliphatic heterocycles. The molecule has 2 aliphatic rings. The lowest BCUT2D eigenvalue weighted by molar-refractivity contribution is -0.132. The van der Waals surface area contributed by atoms with Crippen molar-refractivity contribution in [2.24, 2.45) is 5.92 Å². The average Bonchev–Trinajstić information content (AvgIpc) is 3.38. The van der Waals surface area contributed by atoms with E-state index in [-0.39, 0.29) is 23.7 Å². The molecular weight excluding hydrogens is 523 g/mol. The first-order chi connectivity index (χ1) is 19.9. The molecule has 0 unspecified atom stereocenters. The van der Waals surface area contributed by atoms with Crippen molar-refractivity contribution in [3.05, 3.63) is 77.4 Å². The van der Waals surface area contributed by atoms with Gasteiger partial charge in [0.2, 0.25) is 5.91 Å². The Labute approximate surface area is 237 Å². The predicted octanol–water partition coefficient (Wildman–Crippen LogP) is 4.48. The van der Waals surface area contributed by atoms with Crippen molar-refractivity contribution in [3.8, 4) is 22.8 Å². The molecule has 3 aromatic carbocycles. The molecule has 1 amide bonds. The zero-order chi connectivity index (χ0) is 28.7. The molecule has 0 aliphatic carbocycles. The topological polar surface area (TPSA) is 76.9 Å².